The second-order valence-electron chi connectivity index (χ2n) is 7.50. The summed E-state index contributed by atoms with van der Waals surface area (Å²) in [5.41, 5.74) is 4.05. The first-order valence-corrected chi connectivity index (χ1v) is 10.3. The number of aryl methyl sites for hydroxylation is 3. The lowest BCUT2D eigenvalue weighted by atomic mass is 10.1. The van der Waals surface area contributed by atoms with E-state index in [0.717, 1.165) is 42.2 Å². The molecule has 31 heavy (non-hydrogen) atoms. The third-order valence-electron chi connectivity index (χ3n) is 4.53. The Morgan fingerprint density at radius 2 is 2.03 bits per heavy atom. The van der Waals surface area contributed by atoms with E-state index in [0.29, 0.717) is 11.6 Å². The first-order valence-electron chi connectivity index (χ1n) is 10.3. The summed E-state index contributed by atoms with van der Waals surface area (Å²) in [6, 6.07) is 7.48. The largest absolute Gasteiger partial charge is 0.432 e. The van der Waals surface area contributed by atoms with Crippen LogP contribution < -0.4 is 4.90 Å². The Bertz CT molecular complexity index is 1020. The number of nitrogens with zero attached hydrogens (tertiary/aromatic N) is 4. The predicted molar refractivity (Wildman–Crippen MR) is 122 cm³/mol. The number of Topliss-reactive ketones (excluding diaryl/α,β-unsaturated/α-hetero) is 1. The van der Waals surface area contributed by atoms with Crippen molar-refractivity contribution < 1.29 is 13.6 Å². The number of anilines is 1. The average Bonchev–Trinajstić information content (AvgIpc) is 3.30. The van der Waals surface area contributed by atoms with E-state index in [4.69, 9.17) is 4.42 Å². The van der Waals surface area contributed by atoms with Gasteiger partial charge in [-0.25, -0.2) is 4.39 Å². The Kier molecular flexibility index (Phi) is 8.73. The molecule has 2 aromatic heterocycles. The topological polar surface area (TPSA) is 64.2 Å². The Balaban J connectivity index is 0.000000233. The highest BCUT2D eigenvalue weighted by atomic mass is 19.1. The van der Waals surface area contributed by atoms with Gasteiger partial charge < -0.3 is 9.32 Å². The molecule has 2 heterocycles. The molecule has 3 rings (SSSR count). The molecule has 0 radical (unpaired) electrons. The maximum atomic E-state index is 13.2. The van der Waals surface area contributed by atoms with Crippen molar-refractivity contribution in [3.8, 4) is 11.3 Å². The van der Waals surface area contributed by atoms with Crippen LogP contribution in [0.3, 0.4) is 0 Å². The van der Waals surface area contributed by atoms with Gasteiger partial charge in [0.15, 0.2) is 5.78 Å². The number of hydrogen-bond acceptors (Lipinski definition) is 5. The molecule has 1 aromatic carbocycles. The van der Waals surface area contributed by atoms with Crippen LogP contribution in [0.15, 0.2) is 47.6 Å². The van der Waals surface area contributed by atoms with E-state index in [-0.39, 0.29) is 18.1 Å². The molecule has 0 bridgehead atoms. The SMILES string of the molecule is C=CCN(CCC)c1nc(C)co1.CC(=O)Cn1nc(-c2ccc(F)c(C)c2)cc1C. The summed E-state index contributed by atoms with van der Waals surface area (Å²) in [5.74, 6) is -0.165. The van der Waals surface area contributed by atoms with E-state index >= 15 is 0 Å². The summed E-state index contributed by atoms with van der Waals surface area (Å²) >= 11 is 0. The lowest BCUT2D eigenvalue weighted by Gasteiger charge is -2.16. The normalized spacial score (nSPS) is 10.4. The van der Waals surface area contributed by atoms with Gasteiger partial charge in [-0.15, -0.1) is 6.58 Å². The molecule has 0 saturated carbocycles. The van der Waals surface area contributed by atoms with Crippen molar-refractivity contribution in [1.82, 2.24) is 14.8 Å². The minimum atomic E-state index is -0.223. The van der Waals surface area contributed by atoms with Crippen LogP contribution in [0.2, 0.25) is 0 Å². The molecule has 0 amide bonds. The lowest BCUT2D eigenvalue weighted by molar-refractivity contribution is -0.117. The third-order valence-corrected chi connectivity index (χ3v) is 4.53. The average molecular weight is 427 g/mol. The molecule has 0 fully saturated rings. The zero-order valence-electron chi connectivity index (χ0n) is 19.0. The van der Waals surface area contributed by atoms with Crippen LogP contribution in [0.25, 0.3) is 11.3 Å². The van der Waals surface area contributed by atoms with Crippen LogP contribution in [-0.4, -0.2) is 33.6 Å². The summed E-state index contributed by atoms with van der Waals surface area (Å²) in [6.07, 6.45) is 4.60. The molecule has 0 aliphatic heterocycles. The van der Waals surface area contributed by atoms with Gasteiger partial charge in [-0.2, -0.15) is 10.1 Å². The molecular formula is C24H31FN4O2. The van der Waals surface area contributed by atoms with Crippen molar-refractivity contribution in [3.63, 3.8) is 0 Å². The first-order chi connectivity index (χ1) is 14.7. The fraction of sp³-hybridized carbons (Fsp3) is 0.375. The molecule has 0 N–H and O–H groups in total. The van der Waals surface area contributed by atoms with Crippen LogP contribution in [0.4, 0.5) is 10.4 Å². The van der Waals surface area contributed by atoms with Gasteiger partial charge >= 0.3 is 0 Å². The Morgan fingerprint density at radius 3 is 2.58 bits per heavy atom. The number of benzene rings is 1. The quantitative estimate of drug-likeness (QED) is 0.459. The van der Waals surface area contributed by atoms with Gasteiger partial charge in [-0.1, -0.05) is 13.0 Å². The van der Waals surface area contributed by atoms with Gasteiger partial charge in [0.1, 0.15) is 12.1 Å². The van der Waals surface area contributed by atoms with E-state index in [1.54, 1.807) is 30.0 Å². The Morgan fingerprint density at radius 1 is 1.29 bits per heavy atom. The van der Waals surface area contributed by atoms with Crippen molar-refractivity contribution in [2.45, 2.75) is 47.6 Å². The predicted octanol–water partition coefficient (Wildman–Crippen LogP) is 5.28. The van der Waals surface area contributed by atoms with Crippen LogP contribution >= 0.6 is 0 Å². The van der Waals surface area contributed by atoms with Gasteiger partial charge in [0, 0.05) is 24.3 Å². The highest BCUT2D eigenvalue weighted by Crippen LogP contribution is 2.21. The fourth-order valence-electron chi connectivity index (χ4n) is 3.00. The number of rotatable bonds is 8. The van der Waals surface area contributed by atoms with Gasteiger partial charge in [0.2, 0.25) is 0 Å². The zero-order chi connectivity index (χ0) is 23.0. The van der Waals surface area contributed by atoms with E-state index in [1.165, 1.54) is 13.0 Å². The second-order valence-corrected chi connectivity index (χ2v) is 7.50. The van der Waals surface area contributed by atoms with Crippen molar-refractivity contribution >= 4 is 11.8 Å². The van der Waals surface area contributed by atoms with Crippen molar-refractivity contribution in [2.24, 2.45) is 0 Å². The van der Waals surface area contributed by atoms with E-state index in [9.17, 15) is 9.18 Å². The minimum Gasteiger partial charge on any atom is -0.432 e. The maximum absolute atomic E-state index is 13.2. The van der Waals surface area contributed by atoms with E-state index in [1.807, 2.05) is 26.0 Å². The molecule has 0 unspecified atom stereocenters. The number of ketones is 1. The molecule has 0 aliphatic rings. The summed E-state index contributed by atoms with van der Waals surface area (Å²) in [4.78, 5) is 17.4. The number of oxazole rings is 1. The standard InChI is InChI=1S/C14H15FN2O.C10H16N2O/c1-9-6-12(4-5-13(9)15)14-7-10(2)17(16-14)8-11(3)18;1-4-6-12(7-5-2)10-11-9(3)8-13-10/h4-7H,8H2,1-3H3;4,8H,1,5-7H2,2-3H3. The monoisotopic (exact) mass is 426 g/mol. The summed E-state index contributed by atoms with van der Waals surface area (Å²) in [5, 5.41) is 4.36. The highest BCUT2D eigenvalue weighted by molar-refractivity contribution is 5.75. The summed E-state index contributed by atoms with van der Waals surface area (Å²) < 4.78 is 20.2. The molecule has 166 valence electrons. The molecule has 6 nitrogen and oxygen atoms in total. The smallest absolute Gasteiger partial charge is 0.297 e. The second kappa shape index (κ2) is 11.2. The number of hydrogen-bond donors (Lipinski definition) is 0. The lowest BCUT2D eigenvalue weighted by Crippen LogP contribution is -2.24. The van der Waals surface area contributed by atoms with Crippen LogP contribution in [0.5, 0.6) is 0 Å². The van der Waals surface area contributed by atoms with Crippen molar-refractivity contribution in [3.05, 3.63) is 66.0 Å². The number of carbonyl (C=O) groups excluding carboxylic acids is 1. The molecule has 7 heteroatoms. The Hall–Kier alpha value is -3.22. The molecule has 0 spiro atoms. The maximum Gasteiger partial charge on any atom is 0.297 e. The minimum absolute atomic E-state index is 0.0584. The summed E-state index contributed by atoms with van der Waals surface area (Å²) in [7, 11) is 0. The number of carbonyl (C=O) groups is 1. The third kappa shape index (κ3) is 6.91. The van der Waals surface area contributed by atoms with Crippen LogP contribution in [0.1, 0.15) is 37.2 Å². The van der Waals surface area contributed by atoms with Crippen molar-refractivity contribution in [1.29, 1.82) is 0 Å². The Labute approximate surface area is 183 Å². The first kappa shape index (κ1) is 24.1. The zero-order valence-corrected chi connectivity index (χ0v) is 19.0. The van der Waals surface area contributed by atoms with Gasteiger partial charge in [0.05, 0.1) is 17.9 Å². The van der Waals surface area contributed by atoms with E-state index < -0.39 is 0 Å². The van der Waals surface area contributed by atoms with Gasteiger partial charge in [0.25, 0.3) is 6.01 Å². The highest BCUT2D eigenvalue weighted by Gasteiger charge is 2.10. The molecule has 0 atom stereocenters. The molecule has 0 saturated heterocycles. The van der Waals surface area contributed by atoms with Gasteiger partial charge in [-0.05, 0) is 63.9 Å². The summed E-state index contributed by atoms with van der Waals surface area (Å²) in [6.45, 7) is 14.9. The number of aromatic nitrogens is 3. The van der Waals surface area contributed by atoms with E-state index in [2.05, 4.69) is 28.5 Å². The molecule has 0 aliphatic carbocycles. The molecular weight excluding hydrogens is 395 g/mol. The van der Waals surface area contributed by atoms with Crippen molar-refractivity contribution in [2.75, 3.05) is 18.0 Å². The van der Waals surface area contributed by atoms with Crippen LogP contribution in [0, 0.1) is 26.6 Å². The fourth-order valence-corrected chi connectivity index (χ4v) is 3.00. The number of halogens is 1. The molecule has 3 aromatic rings. The van der Waals surface area contributed by atoms with Crippen LogP contribution in [-0.2, 0) is 11.3 Å². The van der Waals surface area contributed by atoms with Gasteiger partial charge in [-0.3, -0.25) is 9.48 Å².